The molecule has 0 fully saturated rings. The quantitative estimate of drug-likeness (QED) is 0.780. The highest BCUT2D eigenvalue weighted by Crippen LogP contribution is 2.25. The Hall–Kier alpha value is -1.65. The van der Waals surface area contributed by atoms with Gasteiger partial charge in [-0.25, -0.2) is 0 Å². The van der Waals surface area contributed by atoms with Crippen LogP contribution in [-0.4, -0.2) is 22.2 Å². The third kappa shape index (κ3) is 2.30. The van der Waals surface area contributed by atoms with E-state index in [0.717, 1.165) is 16.7 Å². The van der Waals surface area contributed by atoms with E-state index in [4.69, 9.17) is 0 Å². The molecule has 1 aromatic carbocycles. The fourth-order valence-corrected chi connectivity index (χ4v) is 2.39. The van der Waals surface area contributed by atoms with Gasteiger partial charge < -0.3 is 10.0 Å². The highest BCUT2D eigenvalue weighted by atomic mass is 16.4. The van der Waals surface area contributed by atoms with Gasteiger partial charge in [-0.05, 0) is 38.0 Å². The van der Waals surface area contributed by atoms with Crippen LogP contribution < -0.4 is 5.46 Å². The highest BCUT2D eigenvalue weighted by Gasteiger charge is 2.19. The standard InChI is InChI=1S/C14H16BNO2/c1-9-7-10(2)13(11(3)8-9)14-12(15(17)18)5-4-6-16-14/h4-8,17-18H,1-3H3. The van der Waals surface area contributed by atoms with Gasteiger partial charge in [-0.1, -0.05) is 23.8 Å². The summed E-state index contributed by atoms with van der Waals surface area (Å²) in [5.41, 5.74) is 5.43. The number of nitrogens with zero attached hydrogens (tertiary/aromatic N) is 1. The molecule has 1 heterocycles. The van der Waals surface area contributed by atoms with Gasteiger partial charge in [0.15, 0.2) is 0 Å². The molecule has 3 nitrogen and oxygen atoms in total. The van der Waals surface area contributed by atoms with Gasteiger partial charge in [0.2, 0.25) is 0 Å². The van der Waals surface area contributed by atoms with Gasteiger partial charge in [-0.3, -0.25) is 4.98 Å². The number of hydrogen-bond acceptors (Lipinski definition) is 3. The maximum Gasteiger partial charge on any atom is 0.490 e. The molecule has 0 saturated carbocycles. The highest BCUT2D eigenvalue weighted by molar-refractivity contribution is 6.60. The average molecular weight is 241 g/mol. The Morgan fingerprint density at radius 1 is 1.06 bits per heavy atom. The zero-order valence-electron chi connectivity index (χ0n) is 10.8. The molecule has 0 amide bonds. The summed E-state index contributed by atoms with van der Waals surface area (Å²) in [7, 11) is -1.51. The second-order valence-corrected chi connectivity index (χ2v) is 4.59. The zero-order valence-corrected chi connectivity index (χ0v) is 10.8. The van der Waals surface area contributed by atoms with Crippen LogP contribution in [0, 0.1) is 20.8 Å². The van der Waals surface area contributed by atoms with Crippen molar-refractivity contribution in [3.05, 3.63) is 47.2 Å². The van der Waals surface area contributed by atoms with E-state index in [9.17, 15) is 10.0 Å². The van der Waals surface area contributed by atoms with E-state index in [1.54, 1.807) is 18.3 Å². The molecule has 0 bridgehead atoms. The van der Waals surface area contributed by atoms with Crippen LogP contribution in [0.1, 0.15) is 16.7 Å². The number of pyridine rings is 1. The van der Waals surface area contributed by atoms with Crippen LogP contribution in [0.4, 0.5) is 0 Å². The second-order valence-electron chi connectivity index (χ2n) is 4.59. The summed E-state index contributed by atoms with van der Waals surface area (Å²) in [6.45, 7) is 6.07. The summed E-state index contributed by atoms with van der Waals surface area (Å²) < 4.78 is 0. The molecule has 0 aliphatic rings. The van der Waals surface area contributed by atoms with Crippen LogP contribution in [0.25, 0.3) is 11.3 Å². The van der Waals surface area contributed by atoms with Crippen LogP contribution in [0.2, 0.25) is 0 Å². The SMILES string of the molecule is Cc1cc(C)c(-c2ncccc2B(O)O)c(C)c1. The average Bonchev–Trinajstić information content (AvgIpc) is 2.28. The lowest BCUT2D eigenvalue weighted by atomic mass is 9.76. The number of rotatable bonds is 2. The summed E-state index contributed by atoms with van der Waals surface area (Å²) >= 11 is 0. The molecular weight excluding hydrogens is 225 g/mol. The molecule has 92 valence electrons. The molecular formula is C14H16BNO2. The Morgan fingerprint density at radius 3 is 2.22 bits per heavy atom. The number of aryl methyl sites for hydroxylation is 3. The van der Waals surface area contributed by atoms with Gasteiger partial charge in [-0.15, -0.1) is 0 Å². The normalized spacial score (nSPS) is 10.5. The van der Waals surface area contributed by atoms with E-state index >= 15 is 0 Å². The van der Waals surface area contributed by atoms with Crippen molar-refractivity contribution in [2.75, 3.05) is 0 Å². The Morgan fingerprint density at radius 2 is 1.67 bits per heavy atom. The predicted octanol–water partition coefficient (Wildman–Crippen LogP) is 1.35. The van der Waals surface area contributed by atoms with Crippen molar-refractivity contribution in [1.82, 2.24) is 4.98 Å². The molecule has 0 spiro atoms. The molecule has 0 atom stereocenters. The van der Waals surface area contributed by atoms with E-state index in [0.29, 0.717) is 11.2 Å². The first-order valence-corrected chi connectivity index (χ1v) is 5.90. The van der Waals surface area contributed by atoms with Crippen LogP contribution in [-0.2, 0) is 0 Å². The van der Waals surface area contributed by atoms with Crippen molar-refractivity contribution in [1.29, 1.82) is 0 Å². The maximum atomic E-state index is 9.42. The monoisotopic (exact) mass is 241 g/mol. The van der Waals surface area contributed by atoms with Crippen LogP contribution in [0.3, 0.4) is 0 Å². The number of benzene rings is 1. The van der Waals surface area contributed by atoms with Crippen molar-refractivity contribution in [3.8, 4) is 11.3 Å². The Bertz CT molecular complexity index is 559. The van der Waals surface area contributed by atoms with Crippen molar-refractivity contribution in [2.45, 2.75) is 20.8 Å². The second kappa shape index (κ2) is 4.92. The minimum Gasteiger partial charge on any atom is -0.423 e. The van der Waals surface area contributed by atoms with E-state index in [2.05, 4.69) is 17.1 Å². The minimum atomic E-state index is -1.51. The molecule has 2 N–H and O–H groups in total. The van der Waals surface area contributed by atoms with Crippen LogP contribution >= 0.6 is 0 Å². The lowest BCUT2D eigenvalue weighted by molar-refractivity contribution is 0.426. The Labute approximate surface area is 107 Å². The van der Waals surface area contributed by atoms with E-state index < -0.39 is 7.12 Å². The predicted molar refractivity (Wildman–Crippen MR) is 73.7 cm³/mol. The van der Waals surface area contributed by atoms with Crippen molar-refractivity contribution in [3.63, 3.8) is 0 Å². The van der Waals surface area contributed by atoms with Crippen molar-refractivity contribution in [2.24, 2.45) is 0 Å². The molecule has 18 heavy (non-hydrogen) atoms. The van der Waals surface area contributed by atoms with Crippen molar-refractivity contribution >= 4 is 12.6 Å². The van der Waals surface area contributed by atoms with Gasteiger partial charge in [0, 0.05) is 17.2 Å². The van der Waals surface area contributed by atoms with Gasteiger partial charge in [0.1, 0.15) is 0 Å². The van der Waals surface area contributed by atoms with Crippen LogP contribution in [0.5, 0.6) is 0 Å². The first-order chi connectivity index (χ1) is 8.50. The van der Waals surface area contributed by atoms with Gasteiger partial charge in [0.25, 0.3) is 0 Å². The Balaban J connectivity index is 2.70. The lowest BCUT2D eigenvalue weighted by Crippen LogP contribution is -2.32. The molecule has 4 heteroatoms. The maximum absolute atomic E-state index is 9.42. The van der Waals surface area contributed by atoms with Gasteiger partial charge in [0.05, 0.1) is 5.69 Å². The number of aromatic nitrogens is 1. The van der Waals surface area contributed by atoms with Gasteiger partial charge in [-0.2, -0.15) is 0 Å². The van der Waals surface area contributed by atoms with E-state index in [1.807, 2.05) is 20.8 Å². The smallest absolute Gasteiger partial charge is 0.423 e. The fraction of sp³-hybridized carbons (Fsp3) is 0.214. The molecule has 2 rings (SSSR count). The van der Waals surface area contributed by atoms with E-state index in [1.165, 1.54) is 5.56 Å². The first-order valence-electron chi connectivity index (χ1n) is 5.90. The molecule has 0 radical (unpaired) electrons. The minimum absolute atomic E-state index is 0.438. The fourth-order valence-electron chi connectivity index (χ4n) is 2.39. The third-order valence-electron chi connectivity index (χ3n) is 3.03. The Kier molecular flexibility index (Phi) is 3.50. The molecule has 0 aliphatic carbocycles. The number of hydrogen-bond donors (Lipinski definition) is 2. The third-order valence-corrected chi connectivity index (χ3v) is 3.03. The molecule has 2 aromatic rings. The summed E-state index contributed by atoms with van der Waals surface area (Å²) in [6, 6.07) is 7.54. The summed E-state index contributed by atoms with van der Waals surface area (Å²) in [6.07, 6.45) is 1.67. The summed E-state index contributed by atoms with van der Waals surface area (Å²) in [5, 5.41) is 18.8. The van der Waals surface area contributed by atoms with E-state index in [-0.39, 0.29) is 0 Å². The molecule has 0 saturated heterocycles. The van der Waals surface area contributed by atoms with Crippen LogP contribution in [0.15, 0.2) is 30.5 Å². The topological polar surface area (TPSA) is 53.4 Å². The molecule has 0 unspecified atom stereocenters. The summed E-state index contributed by atoms with van der Waals surface area (Å²) in [5.74, 6) is 0. The largest absolute Gasteiger partial charge is 0.490 e. The zero-order chi connectivity index (χ0) is 13.3. The first kappa shape index (κ1) is 12.8. The molecule has 1 aromatic heterocycles. The van der Waals surface area contributed by atoms with Crippen molar-refractivity contribution < 1.29 is 10.0 Å². The lowest BCUT2D eigenvalue weighted by Gasteiger charge is -2.14. The summed E-state index contributed by atoms with van der Waals surface area (Å²) in [4.78, 5) is 4.30. The molecule has 0 aliphatic heterocycles. The van der Waals surface area contributed by atoms with Gasteiger partial charge >= 0.3 is 7.12 Å².